The van der Waals surface area contributed by atoms with Gasteiger partial charge in [-0.2, -0.15) is 0 Å². The molecule has 6 heteroatoms. The fraction of sp³-hybridized carbons (Fsp3) is 0.324. The molecule has 0 spiro atoms. The Morgan fingerprint density at radius 3 is 2.09 bits per heavy atom. The van der Waals surface area contributed by atoms with E-state index in [1.54, 1.807) is 0 Å². The van der Waals surface area contributed by atoms with E-state index in [1.807, 2.05) is 24.3 Å². The van der Waals surface area contributed by atoms with Gasteiger partial charge < -0.3 is 11.1 Å². The van der Waals surface area contributed by atoms with Gasteiger partial charge >= 0.3 is 0 Å². The molecule has 3 N–H and O–H groups in total. The third-order valence-electron chi connectivity index (χ3n) is 8.33. The molecule has 2 atom stereocenters. The maximum atomic E-state index is 14.4. The van der Waals surface area contributed by atoms with Crippen molar-refractivity contribution >= 4 is 79.4 Å². The Balaban J connectivity index is 1.95. The number of anilines is 1. The highest BCUT2D eigenvalue weighted by Crippen LogP contribution is 2.39. The van der Waals surface area contributed by atoms with Gasteiger partial charge in [-0.3, -0.25) is 4.79 Å². The fourth-order valence-corrected chi connectivity index (χ4v) is 6.87. The number of aryl methyl sites for hydroxylation is 1. The first-order valence-corrected chi connectivity index (χ1v) is 18.0. The van der Waals surface area contributed by atoms with Crippen molar-refractivity contribution in [2.24, 2.45) is 5.41 Å². The molecule has 0 aliphatic rings. The molecule has 0 heterocycles. The number of amides is 1. The van der Waals surface area contributed by atoms with E-state index in [0.717, 1.165) is 32.2 Å². The lowest BCUT2D eigenvalue weighted by atomic mass is 9.76. The van der Waals surface area contributed by atoms with Gasteiger partial charge in [0, 0.05) is 28.6 Å². The quantitative estimate of drug-likeness (QED) is 0.0947. The first kappa shape index (κ1) is 34.2. The molecule has 0 radical (unpaired) electrons. The Morgan fingerprint density at radius 1 is 0.837 bits per heavy atom. The lowest BCUT2D eigenvalue weighted by molar-refractivity contribution is 0.0912. The number of nitrogen functional groups attached to an aromatic ring is 1. The summed E-state index contributed by atoms with van der Waals surface area (Å²) in [5.74, 6) is -0.125. The molecule has 0 aliphatic heterocycles. The third kappa shape index (κ3) is 8.34. The van der Waals surface area contributed by atoms with E-state index in [4.69, 9.17) is 5.73 Å². The fourth-order valence-electron chi connectivity index (χ4n) is 5.44. The van der Waals surface area contributed by atoms with Crippen LogP contribution in [0.5, 0.6) is 0 Å². The number of carbonyl (C=O) groups is 1. The number of rotatable bonds is 10. The van der Waals surface area contributed by atoms with Crippen LogP contribution in [-0.4, -0.2) is 9.83 Å². The summed E-state index contributed by atoms with van der Waals surface area (Å²) < 4.78 is 1.44. The predicted molar refractivity (Wildman–Crippen MR) is 208 cm³/mol. The van der Waals surface area contributed by atoms with E-state index in [-0.39, 0.29) is 14.7 Å². The first-order valence-electron chi connectivity index (χ1n) is 14.6. The number of alkyl halides is 2. The van der Waals surface area contributed by atoms with Crippen molar-refractivity contribution in [2.75, 3.05) is 5.73 Å². The molecule has 0 unspecified atom stereocenters. The summed E-state index contributed by atoms with van der Waals surface area (Å²) in [5, 5.41) is 3.60. The molecular weight excluding hydrogens is 869 g/mol. The van der Waals surface area contributed by atoms with Gasteiger partial charge in [0.2, 0.25) is 0 Å². The van der Waals surface area contributed by atoms with E-state index in [9.17, 15) is 4.79 Å². The van der Waals surface area contributed by atoms with Gasteiger partial charge in [0.05, 0.1) is 5.54 Å². The highest BCUT2D eigenvalue weighted by atomic mass is 127. The molecule has 0 aliphatic carbocycles. The van der Waals surface area contributed by atoms with Crippen molar-refractivity contribution < 1.29 is 4.79 Å². The number of hydrogen-bond acceptors (Lipinski definition) is 2. The molecule has 0 saturated heterocycles. The van der Waals surface area contributed by atoms with Crippen molar-refractivity contribution in [1.29, 1.82) is 0 Å². The summed E-state index contributed by atoms with van der Waals surface area (Å²) in [6.07, 6.45) is 1.55. The van der Waals surface area contributed by atoms with Crippen LogP contribution in [0, 0.1) is 15.9 Å². The highest BCUT2D eigenvalue weighted by molar-refractivity contribution is 14.1. The summed E-state index contributed by atoms with van der Waals surface area (Å²) in [6.45, 7) is 13.3. The maximum Gasteiger partial charge on any atom is 0.252 e. The lowest BCUT2D eigenvalue weighted by Crippen LogP contribution is -2.49. The second kappa shape index (κ2) is 13.8. The van der Waals surface area contributed by atoms with E-state index < -0.39 is 5.54 Å². The molecule has 0 fully saturated rings. The number of benzene rings is 4. The van der Waals surface area contributed by atoms with Gasteiger partial charge in [0.15, 0.2) is 0 Å². The second-order valence-electron chi connectivity index (χ2n) is 12.8. The number of halogens is 3. The summed E-state index contributed by atoms with van der Waals surface area (Å²) in [5.41, 5.74) is 13.7. The first-order chi connectivity index (χ1) is 20.1. The summed E-state index contributed by atoms with van der Waals surface area (Å²) in [6, 6.07) is 31.5. The van der Waals surface area contributed by atoms with E-state index in [2.05, 4.69) is 181 Å². The normalized spacial score (nSPS) is 14.2. The molecule has 4 aromatic rings. The SMILES string of the molecule is Cc1ccc([C@@](Cc2ccccc2)(NC(=O)c2ccc(N)c(C(C)(C)I)c2)c2cc(I)cc(CC(C)(C)[C@@H](C)I)c2)cc1. The molecule has 0 bridgehead atoms. The number of nitrogens with two attached hydrogens (primary N) is 1. The van der Waals surface area contributed by atoms with Crippen LogP contribution in [0.25, 0.3) is 0 Å². The van der Waals surface area contributed by atoms with Gasteiger partial charge in [0.25, 0.3) is 5.91 Å². The van der Waals surface area contributed by atoms with Gasteiger partial charge in [-0.15, -0.1) is 0 Å². The van der Waals surface area contributed by atoms with Gasteiger partial charge in [-0.25, -0.2) is 0 Å². The van der Waals surface area contributed by atoms with Gasteiger partial charge in [-0.05, 0) is 113 Å². The van der Waals surface area contributed by atoms with Crippen molar-refractivity contribution in [3.05, 3.63) is 134 Å². The number of carbonyl (C=O) groups excluding carboxylic acids is 1. The lowest BCUT2D eigenvalue weighted by Gasteiger charge is -2.38. The molecule has 4 rings (SSSR count). The van der Waals surface area contributed by atoms with Crippen LogP contribution in [0.3, 0.4) is 0 Å². The van der Waals surface area contributed by atoms with Crippen molar-refractivity contribution in [3.8, 4) is 0 Å². The smallest absolute Gasteiger partial charge is 0.252 e. The monoisotopic (exact) mass is 910 g/mol. The second-order valence-corrected chi connectivity index (χ2v) is 18.6. The Bertz CT molecular complexity index is 1570. The molecule has 0 aromatic heterocycles. The maximum absolute atomic E-state index is 14.4. The minimum absolute atomic E-state index is 0.115. The molecule has 1 amide bonds. The molecular formula is C37H41I3N2O. The molecule has 43 heavy (non-hydrogen) atoms. The molecule has 226 valence electrons. The van der Waals surface area contributed by atoms with Crippen LogP contribution in [-0.2, 0) is 21.8 Å². The highest BCUT2D eigenvalue weighted by Gasteiger charge is 2.38. The van der Waals surface area contributed by atoms with Crippen LogP contribution >= 0.6 is 67.8 Å². The largest absolute Gasteiger partial charge is 0.398 e. The Kier molecular flexibility index (Phi) is 11.0. The topological polar surface area (TPSA) is 55.1 Å². The van der Waals surface area contributed by atoms with Crippen molar-refractivity contribution in [3.63, 3.8) is 0 Å². The average Bonchev–Trinajstić information content (AvgIpc) is 2.92. The van der Waals surface area contributed by atoms with E-state index in [1.165, 1.54) is 11.1 Å². The third-order valence-corrected chi connectivity index (χ3v) is 11.2. The Morgan fingerprint density at radius 2 is 1.49 bits per heavy atom. The van der Waals surface area contributed by atoms with Crippen LogP contribution in [0.15, 0.2) is 91.0 Å². The van der Waals surface area contributed by atoms with Crippen LogP contribution < -0.4 is 11.1 Å². The number of hydrogen-bond donors (Lipinski definition) is 2. The summed E-state index contributed by atoms with van der Waals surface area (Å²) in [7, 11) is 0. The zero-order chi connectivity index (χ0) is 31.6. The van der Waals surface area contributed by atoms with E-state index >= 15 is 0 Å². The minimum Gasteiger partial charge on any atom is -0.398 e. The van der Waals surface area contributed by atoms with Crippen molar-refractivity contribution in [1.82, 2.24) is 5.32 Å². The zero-order valence-electron chi connectivity index (χ0n) is 25.8. The minimum atomic E-state index is -0.816. The summed E-state index contributed by atoms with van der Waals surface area (Å²) >= 11 is 7.35. The van der Waals surface area contributed by atoms with Gasteiger partial charge in [-0.1, -0.05) is 132 Å². The Hall–Kier alpha value is -1.66. The zero-order valence-corrected chi connectivity index (χ0v) is 32.2. The van der Waals surface area contributed by atoms with Crippen LogP contribution in [0.1, 0.15) is 78.4 Å². The van der Waals surface area contributed by atoms with Crippen molar-refractivity contribution in [2.45, 2.75) is 67.3 Å². The predicted octanol–water partition coefficient (Wildman–Crippen LogP) is 10.2. The van der Waals surface area contributed by atoms with Crippen LogP contribution in [0.4, 0.5) is 5.69 Å². The standard InChI is InChI=1S/C37H41I3N2O/c1-24-12-15-29(16-13-24)37(23-26-10-8-7-9-11-26,30-18-27(19-31(39)21-30)22-35(3,4)25(2)38)42-34(43)28-14-17-33(41)32(20-28)36(5,6)40/h7-21,25H,22-23,41H2,1-6H3,(H,42,43)/t25-,37-/m1/s1. The Labute approximate surface area is 298 Å². The number of nitrogens with one attached hydrogen (secondary N) is 1. The van der Waals surface area contributed by atoms with Crippen LogP contribution in [0.2, 0.25) is 0 Å². The molecule has 3 nitrogen and oxygen atoms in total. The molecule has 4 aromatic carbocycles. The average molecular weight is 910 g/mol. The van der Waals surface area contributed by atoms with Gasteiger partial charge in [0.1, 0.15) is 0 Å². The molecule has 0 saturated carbocycles. The van der Waals surface area contributed by atoms with E-state index in [0.29, 0.717) is 21.6 Å². The summed E-state index contributed by atoms with van der Waals surface area (Å²) in [4.78, 5) is 14.4.